The molecule has 6 heteroatoms. The average Bonchev–Trinajstić information content (AvgIpc) is 2.64. The number of thiophene rings is 1. The summed E-state index contributed by atoms with van der Waals surface area (Å²) < 4.78 is 23.2. The van der Waals surface area contributed by atoms with Gasteiger partial charge in [0, 0.05) is 16.6 Å². The molecule has 0 aliphatic carbocycles. The lowest BCUT2D eigenvalue weighted by molar-refractivity contribution is 0.0985. The summed E-state index contributed by atoms with van der Waals surface area (Å²) in [5, 5.41) is 1.83. The van der Waals surface area contributed by atoms with Crippen molar-refractivity contribution >= 4 is 42.9 Å². The fourth-order valence-electron chi connectivity index (χ4n) is 1.20. The molecule has 3 nitrogen and oxygen atoms in total. The molecule has 0 fully saturated rings. The zero-order valence-corrected chi connectivity index (χ0v) is 12.1. The summed E-state index contributed by atoms with van der Waals surface area (Å²) in [7, 11) is -2.95. The van der Waals surface area contributed by atoms with Gasteiger partial charge >= 0.3 is 0 Å². The number of hydrogen-bond donors (Lipinski definition) is 0. The van der Waals surface area contributed by atoms with Crippen LogP contribution in [0.1, 0.15) is 29.4 Å². The molecule has 0 amide bonds. The summed E-state index contributed by atoms with van der Waals surface area (Å²) in [5.74, 6) is 0.246. The van der Waals surface area contributed by atoms with E-state index in [9.17, 15) is 13.2 Å². The zero-order valence-electron chi connectivity index (χ0n) is 8.90. The molecule has 1 heterocycles. The van der Waals surface area contributed by atoms with Gasteiger partial charge in [0.25, 0.3) is 0 Å². The molecule has 0 unspecified atom stereocenters. The van der Waals surface area contributed by atoms with Crippen LogP contribution in [-0.2, 0) is 9.84 Å². The van der Waals surface area contributed by atoms with Crippen molar-refractivity contribution in [3.63, 3.8) is 0 Å². The topological polar surface area (TPSA) is 51.2 Å². The Morgan fingerprint density at radius 1 is 1.50 bits per heavy atom. The molecule has 0 aliphatic rings. The Bertz CT molecular complexity index is 462. The van der Waals surface area contributed by atoms with Gasteiger partial charge in [-0.3, -0.25) is 4.79 Å². The van der Waals surface area contributed by atoms with Gasteiger partial charge in [-0.1, -0.05) is 6.92 Å². The maximum Gasteiger partial charge on any atom is 0.173 e. The van der Waals surface area contributed by atoms with Gasteiger partial charge in [0.15, 0.2) is 5.78 Å². The minimum absolute atomic E-state index is 0.00757. The van der Waals surface area contributed by atoms with Crippen LogP contribution < -0.4 is 0 Å². The van der Waals surface area contributed by atoms with E-state index in [1.54, 1.807) is 6.92 Å². The Morgan fingerprint density at radius 3 is 2.69 bits per heavy atom. The molecule has 0 N–H and O–H groups in total. The Morgan fingerprint density at radius 2 is 2.19 bits per heavy atom. The highest BCUT2D eigenvalue weighted by Gasteiger charge is 2.13. The molecule has 0 saturated carbocycles. The smallest absolute Gasteiger partial charge is 0.173 e. The normalized spacial score (nSPS) is 11.6. The predicted octanol–water partition coefficient (Wildman–Crippen LogP) is 2.91. The molecule has 0 bridgehead atoms. The van der Waals surface area contributed by atoms with E-state index in [1.807, 2.05) is 11.4 Å². The van der Waals surface area contributed by atoms with E-state index in [2.05, 4.69) is 15.9 Å². The zero-order chi connectivity index (χ0) is 12.2. The lowest BCUT2D eigenvalue weighted by Gasteiger charge is -2.00. The fraction of sp³-hybridized carbons (Fsp3) is 0.500. The van der Waals surface area contributed by atoms with E-state index >= 15 is 0 Å². The SMILES string of the molecule is CCS(=O)(=O)CCCC(=O)c1sccc1Br. The van der Waals surface area contributed by atoms with Gasteiger partial charge in [-0.05, 0) is 33.8 Å². The molecular weight excluding hydrogens is 312 g/mol. The van der Waals surface area contributed by atoms with Crippen LogP contribution in [0.4, 0.5) is 0 Å². The lowest BCUT2D eigenvalue weighted by Crippen LogP contribution is -2.10. The van der Waals surface area contributed by atoms with Crippen LogP contribution in [0.2, 0.25) is 0 Å². The summed E-state index contributed by atoms with van der Waals surface area (Å²) >= 11 is 4.66. The molecule has 16 heavy (non-hydrogen) atoms. The molecular formula is C10H13BrO3S2. The van der Waals surface area contributed by atoms with Gasteiger partial charge in [0.1, 0.15) is 9.84 Å². The first-order valence-electron chi connectivity index (χ1n) is 4.93. The number of carbonyl (C=O) groups is 1. The average molecular weight is 325 g/mol. The van der Waals surface area contributed by atoms with E-state index in [0.29, 0.717) is 17.7 Å². The van der Waals surface area contributed by atoms with E-state index in [-0.39, 0.29) is 17.3 Å². The van der Waals surface area contributed by atoms with Crippen LogP contribution in [0.3, 0.4) is 0 Å². The minimum Gasteiger partial charge on any atom is -0.293 e. The minimum atomic E-state index is -2.95. The van der Waals surface area contributed by atoms with Gasteiger partial charge in [0.05, 0.1) is 10.6 Å². The summed E-state index contributed by atoms with van der Waals surface area (Å²) in [6.07, 6.45) is 0.692. The largest absolute Gasteiger partial charge is 0.293 e. The van der Waals surface area contributed by atoms with Crippen LogP contribution in [0, 0.1) is 0 Å². The summed E-state index contributed by atoms with van der Waals surface area (Å²) in [6, 6.07) is 1.82. The summed E-state index contributed by atoms with van der Waals surface area (Å²) in [6.45, 7) is 1.62. The molecule has 0 atom stereocenters. The Labute approximate surface area is 108 Å². The molecule has 90 valence electrons. The third-order valence-electron chi connectivity index (χ3n) is 2.17. The van der Waals surface area contributed by atoms with Crippen molar-refractivity contribution in [3.05, 3.63) is 20.8 Å². The molecule has 1 rings (SSSR count). The monoisotopic (exact) mass is 324 g/mol. The standard InChI is InChI=1S/C10H13BrO3S2/c1-2-16(13,14)7-3-4-9(12)10-8(11)5-6-15-10/h5-6H,2-4,7H2,1H3. The van der Waals surface area contributed by atoms with Crippen LogP contribution >= 0.6 is 27.3 Å². The van der Waals surface area contributed by atoms with Crippen LogP contribution in [-0.4, -0.2) is 25.7 Å². The van der Waals surface area contributed by atoms with Crippen molar-refractivity contribution in [2.75, 3.05) is 11.5 Å². The number of halogens is 1. The molecule has 1 aromatic heterocycles. The predicted molar refractivity (Wildman–Crippen MR) is 69.9 cm³/mol. The first-order chi connectivity index (χ1) is 7.46. The van der Waals surface area contributed by atoms with Gasteiger partial charge in [-0.15, -0.1) is 11.3 Å². The number of ketones is 1. The third kappa shape index (κ3) is 3.99. The Kier molecular flexibility index (Phi) is 5.14. The van der Waals surface area contributed by atoms with Crippen molar-refractivity contribution < 1.29 is 13.2 Å². The van der Waals surface area contributed by atoms with E-state index in [0.717, 1.165) is 4.47 Å². The quantitative estimate of drug-likeness (QED) is 0.756. The van der Waals surface area contributed by atoms with Crippen LogP contribution in [0.15, 0.2) is 15.9 Å². The molecule has 0 aliphatic heterocycles. The second kappa shape index (κ2) is 5.93. The highest BCUT2D eigenvalue weighted by Crippen LogP contribution is 2.24. The molecule has 0 saturated heterocycles. The first kappa shape index (κ1) is 13.9. The van der Waals surface area contributed by atoms with Gasteiger partial charge in [-0.25, -0.2) is 8.42 Å². The number of carbonyl (C=O) groups excluding carboxylic acids is 1. The number of hydrogen-bond acceptors (Lipinski definition) is 4. The Hall–Kier alpha value is -0.200. The van der Waals surface area contributed by atoms with Gasteiger partial charge in [0.2, 0.25) is 0 Å². The van der Waals surface area contributed by atoms with Crippen molar-refractivity contribution in [1.82, 2.24) is 0 Å². The molecule has 0 aromatic carbocycles. The number of sulfone groups is 1. The summed E-state index contributed by atoms with van der Waals surface area (Å²) in [4.78, 5) is 12.4. The second-order valence-electron chi connectivity index (χ2n) is 3.36. The molecule has 1 aromatic rings. The van der Waals surface area contributed by atoms with Crippen LogP contribution in [0.25, 0.3) is 0 Å². The number of Topliss-reactive ketones (excluding diaryl/α,β-unsaturated/α-hetero) is 1. The lowest BCUT2D eigenvalue weighted by atomic mass is 10.2. The second-order valence-corrected chi connectivity index (χ2v) is 7.60. The fourth-order valence-corrected chi connectivity index (χ4v) is 3.64. The van der Waals surface area contributed by atoms with Crippen LogP contribution in [0.5, 0.6) is 0 Å². The Balaban J connectivity index is 2.46. The summed E-state index contributed by atoms with van der Waals surface area (Å²) in [5.41, 5.74) is 0. The van der Waals surface area contributed by atoms with Gasteiger partial charge < -0.3 is 0 Å². The van der Waals surface area contributed by atoms with Crippen molar-refractivity contribution in [2.24, 2.45) is 0 Å². The van der Waals surface area contributed by atoms with E-state index in [4.69, 9.17) is 0 Å². The van der Waals surface area contributed by atoms with Crippen molar-refractivity contribution in [1.29, 1.82) is 0 Å². The molecule has 0 radical (unpaired) electrons. The number of rotatable bonds is 6. The molecule has 0 spiro atoms. The maximum absolute atomic E-state index is 11.7. The third-order valence-corrected chi connectivity index (χ3v) is 5.84. The van der Waals surface area contributed by atoms with Crippen molar-refractivity contribution in [2.45, 2.75) is 19.8 Å². The first-order valence-corrected chi connectivity index (χ1v) is 8.42. The highest BCUT2D eigenvalue weighted by atomic mass is 79.9. The van der Waals surface area contributed by atoms with E-state index in [1.165, 1.54) is 11.3 Å². The highest BCUT2D eigenvalue weighted by molar-refractivity contribution is 9.10. The van der Waals surface area contributed by atoms with E-state index < -0.39 is 9.84 Å². The maximum atomic E-state index is 11.7. The van der Waals surface area contributed by atoms with Crippen molar-refractivity contribution in [3.8, 4) is 0 Å². The van der Waals surface area contributed by atoms with Gasteiger partial charge in [-0.2, -0.15) is 0 Å².